The molecule has 0 unspecified atom stereocenters. The molecule has 0 saturated carbocycles. The Hall–Kier alpha value is -2.37. The molecule has 1 aromatic heterocycles. The van der Waals surface area contributed by atoms with E-state index in [4.69, 9.17) is 5.73 Å². The number of anilines is 1. The van der Waals surface area contributed by atoms with Crippen LogP contribution in [0.2, 0.25) is 0 Å². The van der Waals surface area contributed by atoms with E-state index in [0.717, 1.165) is 6.07 Å². The van der Waals surface area contributed by atoms with Gasteiger partial charge in [0, 0.05) is 7.05 Å². The average Bonchev–Trinajstić information content (AvgIpc) is 2.86. The number of nitrogens with one attached hydrogen (secondary N) is 1. The monoisotopic (exact) mass is 308 g/mol. The third-order valence-corrected chi connectivity index (χ3v) is 4.05. The lowest BCUT2D eigenvalue weighted by molar-refractivity contribution is 0.582. The second kappa shape index (κ2) is 5.95. The predicted molar refractivity (Wildman–Crippen MR) is 76.3 cm³/mol. The van der Waals surface area contributed by atoms with E-state index in [2.05, 4.69) is 21.7 Å². The summed E-state index contributed by atoms with van der Waals surface area (Å²) in [6.07, 6.45) is 1.37. The fourth-order valence-electron chi connectivity index (χ4n) is 1.66. The summed E-state index contributed by atoms with van der Waals surface area (Å²) in [5.74, 6) is 4.52. The first kappa shape index (κ1) is 15.0. The highest BCUT2D eigenvalue weighted by Crippen LogP contribution is 2.18. The van der Waals surface area contributed by atoms with Crippen molar-refractivity contribution in [1.82, 2.24) is 9.78 Å². The maximum absolute atomic E-state index is 13.5. The van der Waals surface area contributed by atoms with Crippen LogP contribution in [0.25, 0.3) is 0 Å². The van der Waals surface area contributed by atoms with Crippen molar-refractivity contribution >= 4 is 15.7 Å². The summed E-state index contributed by atoms with van der Waals surface area (Å²) >= 11 is 0. The van der Waals surface area contributed by atoms with E-state index in [1.165, 1.54) is 36.1 Å². The Morgan fingerprint density at radius 1 is 1.43 bits per heavy atom. The van der Waals surface area contributed by atoms with Gasteiger partial charge in [-0.05, 0) is 24.3 Å². The summed E-state index contributed by atoms with van der Waals surface area (Å²) in [5, 5.41) is 3.80. The van der Waals surface area contributed by atoms with Gasteiger partial charge in [0.25, 0.3) is 10.0 Å². The third-order valence-electron chi connectivity index (χ3n) is 2.59. The van der Waals surface area contributed by atoms with Gasteiger partial charge >= 0.3 is 0 Å². The molecule has 3 N–H and O–H groups in total. The van der Waals surface area contributed by atoms with E-state index < -0.39 is 15.8 Å². The molecule has 1 heterocycles. The minimum atomic E-state index is -3.80. The van der Waals surface area contributed by atoms with Gasteiger partial charge in [0.05, 0.1) is 24.0 Å². The SMILES string of the molecule is Cn1nccc1S(=O)(=O)Nc1ccc(F)c(C#CCN)c1. The topological polar surface area (TPSA) is 90.0 Å². The predicted octanol–water partition coefficient (Wildman–Crippen LogP) is 0.670. The number of hydrogen-bond acceptors (Lipinski definition) is 4. The largest absolute Gasteiger partial charge is 0.320 e. The van der Waals surface area contributed by atoms with Gasteiger partial charge in [0.1, 0.15) is 5.82 Å². The number of nitrogens with two attached hydrogens (primary N) is 1. The van der Waals surface area contributed by atoms with Gasteiger partial charge in [-0.3, -0.25) is 9.40 Å². The number of nitrogens with zero attached hydrogens (tertiary/aromatic N) is 2. The summed E-state index contributed by atoms with van der Waals surface area (Å²) in [4.78, 5) is 0. The van der Waals surface area contributed by atoms with Crippen LogP contribution in [0.1, 0.15) is 5.56 Å². The molecule has 0 aliphatic heterocycles. The summed E-state index contributed by atoms with van der Waals surface area (Å²) in [5.41, 5.74) is 5.51. The molecule has 0 saturated heterocycles. The lowest BCUT2D eigenvalue weighted by Gasteiger charge is -2.08. The van der Waals surface area contributed by atoms with Crippen LogP contribution in [-0.4, -0.2) is 24.7 Å². The molecule has 2 rings (SSSR count). The summed E-state index contributed by atoms with van der Waals surface area (Å²) in [6.45, 7) is 0.0877. The average molecular weight is 308 g/mol. The van der Waals surface area contributed by atoms with E-state index >= 15 is 0 Å². The fourth-order valence-corrected chi connectivity index (χ4v) is 2.84. The number of hydrogen-bond donors (Lipinski definition) is 2. The first-order valence-electron chi connectivity index (χ1n) is 5.93. The number of sulfonamides is 1. The molecular weight excluding hydrogens is 295 g/mol. The molecule has 0 amide bonds. The van der Waals surface area contributed by atoms with Gasteiger partial charge in [-0.15, -0.1) is 0 Å². The lowest BCUT2D eigenvalue weighted by atomic mass is 10.2. The van der Waals surface area contributed by atoms with E-state index in [1.54, 1.807) is 0 Å². The molecule has 110 valence electrons. The van der Waals surface area contributed by atoms with Gasteiger partial charge in [0.15, 0.2) is 5.03 Å². The Bertz CT molecular complexity index is 818. The molecule has 0 spiro atoms. The van der Waals surface area contributed by atoms with Crippen molar-refractivity contribution in [1.29, 1.82) is 0 Å². The standard InChI is InChI=1S/C13H13FN4O2S/c1-18-13(6-8-16-18)21(19,20)17-11-4-5-12(14)10(9-11)3-2-7-15/h4-6,8-9,17H,7,15H2,1H3. The van der Waals surface area contributed by atoms with Crippen LogP contribution in [-0.2, 0) is 17.1 Å². The minimum Gasteiger partial charge on any atom is -0.320 e. The van der Waals surface area contributed by atoms with Crippen molar-refractivity contribution in [2.75, 3.05) is 11.3 Å². The van der Waals surface area contributed by atoms with Crippen LogP contribution in [0.4, 0.5) is 10.1 Å². The maximum atomic E-state index is 13.5. The summed E-state index contributed by atoms with van der Waals surface area (Å²) in [6, 6.07) is 5.13. The van der Waals surface area contributed by atoms with Gasteiger partial charge in [0.2, 0.25) is 0 Å². The molecule has 0 aliphatic rings. The van der Waals surface area contributed by atoms with Crippen molar-refractivity contribution in [3.63, 3.8) is 0 Å². The van der Waals surface area contributed by atoms with E-state index in [-0.39, 0.29) is 22.8 Å². The normalized spacial score (nSPS) is 10.8. The lowest BCUT2D eigenvalue weighted by Crippen LogP contribution is -2.16. The van der Waals surface area contributed by atoms with Crippen LogP contribution < -0.4 is 10.5 Å². The Balaban J connectivity index is 2.34. The number of rotatable bonds is 3. The molecule has 6 nitrogen and oxygen atoms in total. The highest BCUT2D eigenvalue weighted by Gasteiger charge is 2.18. The van der Waals surface area contributed by atoms with Crippen molar-refractivity contribution in [2.45, 2.75) is 5.03 Å². The highest BCUT2D eigenvalue weighted by molar-refractivity contribution is 7.92. The third kappa shape index (κ3) is 3.39. The molecule has 8 heteroatoms. The van der Waals surface area contributed by atoms with Gasteiger partial charge in [-0.25, -0.2) is 4.39 Å². The van der Waals surface area contributed by atoms with Gasteiger partial charge in [-0.2, -0.15) is 13.5 Å². The van der Waals surface area contributed by atoms with Gasteiger partial charge < -0.3 is 5.73 Å². The zero-order chi connectivity index (χ0) is 15.5. The Morgan fingerprint density at radius 3 is 2.81 bits per heavy atom. The molecule has 1 aromatic carbocycles. The number of halogens is 1. The zero-order valence-corrected chi connectivity index (χ0v) is 12.0. The molecule has 21 heavy (non-hydrogen) atoms. The van der Waals surface area contributed by atoms with Crippen LogP contribution in [0, 0.1) is 17.7 Å². The van der Waals surface area contributed by atoms with Crippen LogP contribution in [0.15, 0.2) is 35.5 Å². The second-order valence-corrected chi connectivity index (χ2v) is 5.73. The fraction of sp³-hybridized carbons (Fsp3) is 0.154. The quantitative estimate of drug-likeness (QED) is 0.816. The van der Waals surface area contributed by atoms with E-state index in [9.17, 15) is 12.8 Å². The highest BCUT2D eigenvalue weighted by atomic mass is 32.2. The molecule has 0 radical (unpaired) electrons. The molecule has 0 fully saturated rings. The van der Waals surface area contributed by atoms with Crippen LogP contribution >= 0.6 is 0 Å². The van der Waals surface area contributed by atoms with Crippen molar-refractivity contribution in [3.05, 3.63) is 41.8 Å². The van der Waals surface area contributed by atoms with Gasteiger partial charge in [-0.1, -0.05) is 11.8 Å². The molecular formula is C13H13FN4O2S. The Morgan fingerprint density at radius 2 is 2.19 bits per heavy atom. The Kier molecular flexibility index (Phi) is 4.26. The molecule has 0 aliphatic carbocycles. The van der Waals surface area contributed by atoms with Crippen LogP contribution in [0.5, 0.6) is 0 Å². The molecule has 2 aromatic rings. The minimum absolute atomic E-state index is 0.00131. The van der Waals surface area contributed by atoms with Crippen molar-refractivity contribution in [3.8, 4) is 11.8 Å². The number of aromatic nitrogens is 2. The van der Waals surface area contributed by atoms with Crippen molar-refractivity contribution in [2.24, 2.45) is 12.8 Å². The van der Waals surface area contributed by atoms with E-state index in [0.29, 0.717) is 0 Å². The smallest absolute Gasteiger partial charge is 0.279 e. The first-order valence-corrected chi connectivity index (χ1v) is 7.41. The first-order chi connectivity index (χ1) is 9.94. The molecule has 0 atom stereocenters. The summed E-state index contributed by atoms with van der Waals surface area (Å²) < 4.78 is 41.4. The van der Waals surface area contributed by atoms with Crippen molar-refractivity contribution < 1.29 is 12.8 Å². The zero-order valence-electron chi connectivity index (χ0n) is 11.2. The number of aryl methyl sites for hydroxylation is 1. The Labute approximate surface area is 121 Å². The maximum Gasteiger partial charge on any atom is 0.279 e. The van der Waals surface area contributed by atoms with E-state index in [1.807, 2.05) is 0 Å². The van der Waals surface area contributed by atoms with Crippen LogP contribution in [0.3, 0.4) is 0 Å². The second-order valence-electron chi connectivity index (χ2n) is 4.10. The summed E-state index contributed by atoms with van der Waals surface area (Å²) in [7, 11) is -2.28. The molecule has 0 bridgehead atoms. The number of benzene rings is 1.